The van der Waals surface area contributed by atoms with Crippen LogP contribution in [0, 0.1) is 6.92 Å². The van der Waals surface area contributed by atoms with Crippen LogP contribution in [0.3, 0.4) is 0 Å². The van der Waals surface area contributed by atoms with Crippen molar-refractivity contribution in [2.45, 2.75) is 31.1 Å². The van der Waals surface area contributed by atoms with Gasteiger partial charge in [-0.2, -0.15) is 8.42 Å². The summed E-state index contributed by atoms with van der Waals surface area (Å²) in [6.07, 6.45) is 3.97. The van der Waals surface area contributed by atoms with E-state index in [4.69, 9.17) is 8.70 Å². The molecule has 1 aliphatic rings. The van der Waals surface area contributed by atoms with E-state index in [0.717, 1.165) is 29.7 Å². The molecule has 1 heterocycles. The number of aryl methyl sites for hydroxylation is 2. The lowest BCUT2D eigenvalue weighted by Gasteiger charge is -2.11. The van der Waals surface area contributed by atoms with E-state index < -0.39 is 10.1 Å². The van der Waals surface area contributed by atoms with E-state index >= 15 is 0 Å². The minimum Gasteiger partial charge on any atom is -0.469 e. The van der Waals surface area contributed by atoms with Gasteiger partial charge in [0.2, 0.25) is 0 Å². The highest BCUT2D eigenvalue weighted by Crippen LogP contribution is 2.23. The first kappa shape index (κ1) is 13.9. The smallest absolute Gasteiger partial charge is 0.358 e. The Morgan fingerprint density at radius 2 is 1.90 bits per heavy atom. The lowest BCUT2D eigenvalue weighted by molar-refractivity contribution is 0.337. The van der Waals surface area contributed by atoms with Crippen molar-refractivity contribution in [3.8, 4) is 0 Å². The lowest BCUT2D eigenvalue weighted by atomic mass is 9.97. The van der Waals surface area contributed by atoms with E-state index in [-0.39, 0.29) is 4.90 Å². The molecule has 0 amide bonds. The van der Waals surface area contributed by atoms with Crippen molar-refractivity contribution in [2.24, 2.45) is 5.16 Å². The van der Waals surface area contributed by atoms with E-state index in [2.05, 4.69) is 5.16 Å². The second kappa shape index (κ2) is 5.37. The van der Waals surface area contributed by atoms with Crippen LogP contribution in [0.25, 0.3) is 0 Å². The van der Waals surface area contributed by atoms with Crippen molar-refractivity contribution in [3.63, 3.8) is 0 Å². The Morgan fingerprint density at radius 3 is 2.67 bits per heavy atom. The van der Waals surface area contributed by atoms with Crippen molar-refractivity contribution in [1.82, 2.24) is 0 Å². The molecular formula is C15H15NO4S. The van der Waals surface area contributed by atoms with Crippen LogP contribution >= 0.6 is 0 Å². The highest BCUT2D eigenvalue weighted by Gasteiger charge is 2.21. The van der Waals surface area contributed by atoms with Gasteiger partial charge in [0.05, 0.1) is 12.0 Å². The topological polar surface area (TPSA) is 68.9 Å². The summed E-state index contributed by atoms with van der Waals surface area (Å²) in [4.78, 5) is 0.0978. The Bertz CT molecular complexity index is 772. The molecule has 110 valence electrons. The monoisotopic (exact) mass is 305 g/mol. The van der Waals surface area contributed by atoms with Gasteiger partial charge in [0.15, 0.2) is 0 Å². The summed E-state index contributed by atoms with van der Waals surface area (Å²) < 4.78 is 34.3. The van der Waals surface area contributed by atoms with Crippen molar-refractivity contribution in [3.05, 3.63) is 53.5 Å². The molecule has 5 nitrogen and oxygen atoms in total. The zero-order valence-corrected chi connectivity index (χ0v) is 12.4. The normalized spacial score (nSPS) is 16.7. The molecule has 0 atom stereocenters. The number of hydrogen-bond donors (Lipinski definition) is 0. The minimum absolute atomic E-state index is 0.0978. The zero-order valence-electron chi connectivity index (χ0n) is 11.6. The maximum absolute atomic E-state index is 12.1. The molecule has 0 radical (unpaired) electrons. The number of furan rings is 1. The fourth-order valence-electron chi connectivity index (χ4n) is 2.28. The largest absolute Gasteiger partial charge is 0.469 e. The second-order valence-corrected chi connectivity index (χ2v) is 6.52. The Morgan fingerprint density at radius 1 is 1.14 bits per heavy atom. The molecule has 21 heavy (non-hydrogen) atoms. The molecule has 0 saturated carbocycles. The van der Waals surface area contributed by atoms with Crippen LogP contribution in [0.15, 0.2) is 51.1 Å². The van der Waals surface area contributed by atoms with Crippen LogP contribution < -0.4 is 0 Å². The average molecular weight is 305 g/mol. The number of fused-ring (bicyclic) bond motifs is 1. The van der Waals surface area contributed by atoms with Crippen molar-refractivity contribution in [2.75, 3.05) is 0 Å². The van der Waals surface area contributed by atoms with Gasteiger partial charge in [-0.05, 0) is 38.0 Å². The summed E-state index contributed by atoms with van der Waals surface area (Å²) >= 11 is 0. The molecule has 3 rings (SSSR count). The molecule has 0 spiro atoms. The molecule has 1 aromatic carbocycles. The first-order chi connectivity index (χ1) is 10.1. The summed E-state index contributed by atoms with van der Waals surface area (Å²) in [5.41, 5.74) is 2.43. The van der Waals surface area contributed by atoms with Gasteiger partial charge >= 0.3 is 10.1 Å². The van der Waals surface area contributed by atoms with Crippen LogP contribution in [0.1, 0.15) is 29.7 Å². The molecule has 0 saturated heterocycles. The summed E-state index contributed by atoms with van der Waals surface area (Å²) in [5, 5.41) is 3.84. The van der Waals surface area contributed by atoms with Gasteiger partial charge in [0.1, 0.15) is 10.7 Å². The standard InChI is InChI=1S/C15H15NO4S/c1-11-5-7-12(8-6-11)21(17,18)20-16-14-3-2-4-15-13(14)9-10-19-15/h5-10H,2-4H2,1H3. The third-order valence-electron chi connectivity index (χ3n) is 3.43. The molecule has 0 bridgehead atoms. The van der Waals surface area contributed by atoms with Crippen LogP contribution in [-0.4, -0.2) is 14.1 Å². The highest BCUT2D eigenvalue weighted by atomic mass is 32.2. The Hall–Kier alpha value is -2.08. The van der Waals surface area contributed by atoms with E-state index in [1.807, 2.05) is 6.92 Å². The molecule has 1 aliphatic carbocycles. The maximum Gasteiger partial charge on any atom is 0.358 e. The molecule has 0 aliphatic heterocycles. The van der Waals surface area contributed by atoms with E-state index in [0.29, 0.717) is 12.1 Å². The number of rotatable bonds is 3. The van der Waals surface area contributed by atoms with Crippen LogP contribution in [0.4, 0.5) is 0 Å². The maximum atomic E-state index is 12.1. The minimum atomic E-state index is -3.88. The fraction of sp³-hybridized carbons (Fsp3) is 0.267. The van der Waals surface area contributed by atoms with Gasteiger partial charge in [0, 0.05) is 12.0 Å². The second-order valence-electron chi connectivity index (χ2n) is 4.99. The molecule has 6 heteroatoms. The molecule has 0 fully saturated rings. The number of nitrogens with zero attached hydrogens (tertiary/aromatic N) is 1. The van der Waals surface area contributed by atoms with Gasteiger partial charge in [-0.3, -0.25) is 4.28 Å². The van der Waals surface area contributed by atoms with Crippen molar-refractivity contribution < 1.29 is 17.1 Å². The number of benzene rings is 1. The molecule has 0 unspecified atom stereocenters. The lowest BCUT2D eigenvalue weighted by Crippen LogP contribution is -2.12. The Balaban J connectivity index is 1.85. The average Bonchev–Trinajstić information content (AvgIpc) is 2.94. The van der Waals surface area contributed by atoms with Gasteiger partial charge < -0.3 is 4.42 Å². The van der Waals surface area contributed by atoms with E-state index in [9.17, 15) is 8.42 Å². The third-order valence-corrected chi connectivity index (χ3v) is 4.55. The third kappa shape index (κ3) is 2.85. The van der Waals surface area contributed by atoms with Gasteiger partial charge in [-0.1, -0.05) is 22.9 Å². The van der Waals surface area contributed by atoms with Crippen molar-refractivity contribution >= 4 is 15.8 Å². The number of hydrogen-bond acceptors (Lipinski definition) is 5. The van der Waals surface area contributed by atoms with Gasteiger partial charge in [-0.15, -0.1) is 0 Å². The van der Waals surface area contributed by atoms with Crippen LogP contribution in [0.5, 0.6) is 0 Å². The molecule has 1 aromatic heterocycles. The summed E-state index contributed by atoms with van der Waals surface area (Å²) in [6.45, 7) is 1.89. The van der Waals surface area contributed by atoms with E-state index in [1.54, 1.807) is 24.5 Å². The Labute approximate surface area is 123 Å². The highest BCUT2D eigenvalue weighted by molar-refractivity contribution is 7.86. The van der Waals surface area contributed by atoms with Crippen molar-refractivity contribution in [1.29, 1.82) is 0 Å². The first-order valence-electron chi connectivity index (χ1n) is 6.70. The van der Waals surface area contributed by atoms with Crippen LogP contribution in [0.2, 0.25) is 0 Å². The fourth-order valence-corrected chi connectivity index (χ4v) is 3.02. The zero-order chi connectivity index (χ0) is 14.9. The molecule has 0 N–H and O–H groups in total. The SMILES string of the molecule is Cc1ccc(S(=O)(=O)ON=C2CCCc3occc32)cc1. The number of oxime groups is 1. The summed E-state index contributed by atoms with van der Waals surface area (Å²) in [6, 6.07) is 8.25. The predicted molar refractivity (Wildman–Crippen MR) is 77.6 cm³/mol. The van der Waals surface area contributed by atoms with Crippen LogP contribution in [-0.2, 0) is 20.8 Å². The van der Waals surface area contributed by atoms with Gasteiger partial charge in [-0.25, -0.2) is 0 Å². The predicted octanol–water partition coefficient (Wildman–Crippen LogP) is 3.03. The molecule has 2 aromatic rings. The first-order valence-corrected chi connectivity index (χ1v) is 8.11. The summed E-state index contributed by atoms with van der Waals surface area (Å²) in [5.74, 6) is 0.830. The summed E-state index contributed by atoms with van der Waals surface area (Å²) in [7, 11) is -3.88. The van der Waals surface area contributed by atoms with Gasteiger partial charge in [0.25, 0.3) is 0 Å². The molecular weight excluding hydrogens is 290 g/mol. The van der Waals surface area contributed by atoms with E-state index in [1.165, 1.54) is 12.1 Å². The quantitative estimate of drug-likeness (QED) is 0.817. The Kier molecular flexibility index (Phi) is 3.55.